The Hall–Kier alpha value is -3.62. The summed E-state index contributed by atoms with van der Waals surface area (Å²) in [5.74, 6) is 0.403. The molecule has 0 aliphatic carbocycles. The summed E-state index contributed by atoms with van der Waals surface area (Å²) in [5.41, 5.74) is 6.83. The van der Waals surface area contributed by atoms with E-state index in [4.69, 9.17) is 5.73 Å². The highest BCUT2D eigenvalue weighted by Crippen LogP contribution is 2.36. The predicted octanol–water partition coefficient (Wildman–Crippen LogP) is 4.16. The van der Waals surface area contributed by atoms with E-state index in [0.717, 1.165) is 17.1 Å². The van der Waals surface area contributed by atoms with Crippen molar-refractivity contribution in [2.24, 2.45) is 0 Å². The molecule has 0 saturated heterocycles. The van der Waals surface area contributed by atoms with E-state index in [1.165, 1.54) is 24.5 Å². The zero-order valence-corrected chi connectivity index (χ0v) is 13.8. The Bertz CT molecular complexity index is 1120. The predicted molar refractivity (Wildman–Crippen MR) is 95.8 cm³/mol. The van der Waals surface area contributed by atoms with Crippen LogP contribution in [0.25, 0.3) is 16.9 Å². The number of benzene rings is 2. The number of hydrogen-bond acceptors (Lipinski definition) is 5. The Labute approximate surface area is 151 Å². The molecule has 9 heteroatoms. The summed E-state index contributed by atoms with van der Waals surface area (Å²) in [6, 6.07) is 12.5. The second-order valence-electron chi connectivity index (χ2n) is 5.73. The van der Waals surface area contributed by atoms with Crippen LogP contribution in [0.5, 0.6) is 0 Å². The van der Waals surface area contributed by atoms with Crippen molar-refractivity contribution in [1.29, 1.82) is 0 Å². The maximum absolute atomic E-state index is 13.2. The summed E-state index contributed by atoms with van der Waals surface area (Å²) < 4.78 is 41.3. The molecule has 0 unspecified atom stereocenters. The van der Waals surface area contributed by atoms with Crippen LogP contribution in [0.4, 0.5) is 30.4 Å². The van der Waals surface area contributed by atoms with E-state index in [2.05, 4.69) is 20.3 Å². The van der Waals surface area contributed by atoms with Crippen molar-refractivity contribution in [2.75, 3.05) is 11.1 Å². The molecule has 0 fully saturated rings. The monoisotopic (exact) mass is 370 g/mol. The molecule has 0 atom stereocenters. The number of hydrogen-bond donors (Lipinski definition) is 2. The maximum atomic E-state index is 13.2. The average molecular weight is 370 g/mol. The normalized spacial score (nSPS) is 11.7. The molecule has 136 valence electrons. The lowest BCUT2D eigenvalue weighted by molar-refractivity contribution is -0.136. The van der Waals surface area contributed by atoms with Gasteiger partial charge in [0, 0.05) is 0 Å². The molecule has 0 amide bonds. The molecular formula is C18H13F3N6. The first-order valence-electron chi connectivity index (χ1n) is 7.91. The van der Waals surface area contributed by atoms with Crippen LogP contribution < -0.4 is 11.1 Å². The number of rotatable bonds is 3. The average Bonchev–Trinajstić information content (AvgIpc) is 3.07. The number of anilines is 3. The van der Waals surface area contributed by atoms with Crippen LogP contribution in [-0.4, -0.2) is 19.5 Å². The lowest BCUT2D eigenvalue weighted by Gasteiger charge is -2.16. The SMILES string of the molecule is Nc1c(Nc2ccccc2C(F)(F)F)ncnc1-n1cnc2ccccc21. The molecule has 0 spiro atoms. The van der Waals surface area contributed by atoms with Gasteiger partial charge in [-0.3, -0.25) is 4.57 Å². The van der Waals surface area contributed by atoms with Crippen molar-refractivity contribution in [3.8, 4) is 5.82 Å². The molecule has 2 aromatic heterocycles. The summed E-state index contributed by atoms with van der Waals surface area (Å²) in [5, 5.41) is 2.67. The molecule has 2 heterocycles. The van der Waals surface area contributed by atoms with Gasteiger partial charge in [-0.05, 0) is 24.3 Å². The van der Waals surface area contributed by atoms with Crippen molar-refractivity contribution in [1.82, 2.24) is 19.5 Å². The molecule has 6 nitrogen and oxygen atoms in total. The Kier molecular flexibility index (Phi) is 3.91. The van der Waals surface area contributed by atoms with Gasteiger partial charge in [0.15, 0.2) is 11.6 Å². The molecule has 3 N–H and O–H groups in total. The van der Waals surface area contributed by atoms with Gasteiger partial charge in [-0.2, -0.15) is 13.2 Å². The summed E-state index contributed by atoms with van der Waals surface area (Å²) in [7, 11) is 0. The van der Waals surface area contributed by atoms with Gasteiger partial charge >= 0.3 is 6.18 Å². The summed E-state index contributed by atoms with van der Waals surface area (Å²) in [4.78, 5) is 12.4. The number of imidazole rings is 1. The smallest absolute Gasteiger partial charge is 0.393 e. The number of alkyl halides is 3. The van der Waals surface area contributed by atoms with Gasteiger partial charge in [-0.1, -0.05) is 24.3 Å². The fourth-order valence-corrected chi connectivity index (χ4v) is 2.77. The Morgan fingerprint density at radius 3 is 2.48 bits per heavy atom. The van der Waals surface area contributed by atoms with E-state index < -0.39 is 11.7 Å². The number of aromatic nitrogens is 4. The lowest BCUT2D eigenvalue weighted by Crippen LogP contribution is -2.11. The van der Waals surface area contributed by atoms with Crippen LogP contribution >= 0.6 is 0 Å². The minimum absolute atomic E-state index is 0.0782. The Balaban J connectivity index is 1.78. The molecule has 0 saturated carbocycles. The van der Waals surface area contributed by atoms with Crippen LogP contribution in [-0.2, 0) is 6.18 Å². The Morgan fingerprint density at radius 1 is 0.926 bits per heavy atom. The highest BCUT2D eigenvalue weighted by atomic mass is 19.4. The maximum Gasteiger partial charge on any atom is 0.418 e. The van der Waals surface area contributed by atoms with Gasteiger partial charge in [0.25, 0.3) is 0 Å². The van der Waals surface area contributed by atoms with Gasteiger partial charge in [0.2, 0.25) is 0 Å². The van der Waals surface area contributed by atoms with Crippen molar-refractivity contribution in [3.05, 3.63) is 66.7 Å². The zero-order chi connectivity index (χ0) is 19.0. The largest absolute Gasteiger partial charge is 0.418 e. The third kappa shape index (κ3) is 3.03. The zero-order valence-electron chi connectivity index (χ0n) is 13.8. The van der Waals surface area contributed by atoms with Crippen LogP contribution in [0.15, 0.2) is 61.2 Å². The second-order valence-corrected chi connectivity index (χ2v) is 5.73. The van der Waals surface area contributed by atoms with E-state index in [0.29, 0.717) is 5.82 Å². The van der Waals surface area contributed by atoms with Crippen molar-refractivity contribution in [3.63, 3.8) is 0 Å². The topological polar surface area (TPSA) is 81.6 Å². The third-order valence-electron chi connectivity index (χ3n) is 4.03. The molecule has 4 aromatic rings. The molecule has 27 heavy (non-hydrogen) atoms. The summed E-state index contributed by atoms with van der Waals surface area (Å²) in [6.45, 7) is 0. The molecular weight excluding hydrogens is 357 g/mol. The van der Waals surface area contributed by atoms with Crippen LogP contribution in [0.2, 0.25) is 0 Å². The van der Waals surface area contributed by atoms with Crippen molar-refractivity contribution in [2.45, 2.75) is 6.18 Å². The first kappa shape index (κ1) is 16.8. The van der Waals surface area contributed by atoms with Gasteiger partial charge in [0.1, 0.15) is 18.3 Å². The van der Waals surface area contributed by atoms with E-state index in [-0.39, 0.29) is 17.2 Å². The number of nitrogens with one attached hydrogen (secondary N) is 1. The third-order valence-corrected chi connectivity index (χ3v) is 4.03. The summed E-state index contributed by atoms with van der Waals surface area (Å²) in [6.07, 6.45) is -1.72. The first-order chi connectivity index (χ1) is 12.9. The molecule has 0 bridgehead atoms. The number of nitrogens with two attached hydrogens (primary N) is 1. The van der Waals surface area contributed by atoms with E-state index in [1.54, 1.807) is 10.9 Å². The molecule has 0 aliphatic rings. The number of halogens is 3. The molecule has 0 radical (unpaired) electrons. The first-order valence-corrected chi connectivity index (χ1v) is 7.91. The van der Waals surface area contributed by atoms with E-state index >= 15 is 0 Å². The minimum Gasteiger partial charge on any atom is -0.393 e. The standard InChI is InChI=1S/C18H13F3N6/c19-18(20,21)11-5-1-2-6-12(11)26-16-15(22)17(24-9-23-16)27-10-25-13-7-3-4-8-14(13)27/h1-10H,22H2,(H,23,24,26). The van der Waals surface area contributed by atoms with Crippen molar-refractivity contribution >= 4 is 28.2 Å². The number of para-hydroxylation sites is 3. The Morgan fingerprint density at radius 2 is 1.67 bits per heavy atom. The van der Waals surface area contributed by atoms with Gasteiger partial charge in [0.05, 0.1) is 22.3 Å². The van der Waals surface area contributed by atoms with Crippen molar-refractivity contribution < 1.29 is 13.2 Å². The van der Waals surface area contributed by atoms with Gasteiger partial charge in [-0.15, -0.1) is 0 Å². The minimum atomic E-state index is -4.51. The van der Waals surface area contributed by atoms with Crippen LogP contribution in [0.3, 0.4) is 0 Å². The quantitative estimate of drug-likeness (QED) is 0.566. The molecule has 4 rings (SSSR count). The van der Waals surface area contributed by atoms with Gasteiger partial charge < -0.3 is 11.1 Å². The highest BCUT2D eigenvalue weighted by molar-refractivity contribution is 5.81. The fourth-order valence-electron chi connectivity index (χ4n) is 2.77. The number of fused-ring (bicyclic) bond motifs is 1. The van der Waals surface area contributed by atoms with E-state index in [1.807, 2.05) is 24.3 Å². The number of nitrogens with zero attached hydrogens (tertiary/aromatic N) is 4. The highest BCUT2D eigenvalue weighted by Gasteiger charge is 2.33. The van der Waals surface area contributed by atoms with Crippen LogP contribution in [0.1, 0.15) is 5.56 Å². The summed E-state index contributed by atoms with van der Waals surface area (Å²) >= 11 is 0. The van der Waals surface area contributed by atoms with E-state index in [9.17, 15) is 13.2 Å². The molecule has 2 aromatic carbocycles. The van der Waals surface area contributed by atoms with Crippen LogP contribution in [0, 0.1) is 0 Å². The fraction of sp³-hybridized carbons (Fsp3) is 0.0556. The number of nitrogen functional groups attached to an aromatic ring is 1. The lowest BCUT2D eigenvalue weighted by atomic mass is 10.1. The molecule has 0 aliphatic heterocycles. The second kappa shape index (κ2) is 6.27. The van der Waals surface area contributed by atoms with Gasteiger partial charge in [-0.25, -0.2) is 15.0 Å².